The molecule has 1 N–H and O–H groups in total. The van der Waals surface area contributed by atoms with Crippen molar-refractivity contribution in [2.24, 2.45) is 5.92 Å². The van der Waals surface area contributed by atoms with Crippen LogP contribution in [0.4, 0.5) is 11.0 Å². The van der Waals surface area contributed by atoms with Gasteiger partial charge in [-0.15, -0.1) is 11.3 Å². The van der Waals surface area contributed by atoms with Crippen LogP contribution in [0.25, 0.3) is 0 Å². The lowest BCUT2D eigenvalue weighted by Gasteiger charge is -2.37. The molecule has 1 aliphatic carbocycles. The number of fused-ring (bicyclic) bond motifs is 1. The van der Waals surface area contributed by atoms with Crippen molar-refractivity contribution in [1.29, 1.82) is 0 Å². The van der Waals surface area contributed by atoms with Crippen LogP contribution in [0.1, 0.15) is 34.0 Å². The number of carbonyl (C=O) groups excluding carboxylic acids is 2. The van der Waals surface area contributed by atoms with Crippen LogP contribution in [0, 0.1) is 16.0 Å². The van der Waals surface area contributed by atoms with Crippen molar-refractivity contribution in [2.45, 2.75) is 25.7 Å². The smallest absolute Gasteiger partial charge is 0.395 e. The summed E-state index contributed by atoms with van der Waals surface area (Å²) in [5.41, 5.74) is 1.08. The predicted octanol–water partition coefficient (Wildman–Crippen LogP) is 2.23. The lowest BCUT2D eigenvalue weighted by Crippen LogP contribution is -2.54. The number of nitrogens with one attached hydrogen (secondary N) is 1. The number of furan rings is 1. The number of nitrogens with zero attached hydrogens (tertiary/aromatic N) is 3. The Morgan fingerprint density at radius 2 is 2.08 bits per heavy atom. The first-order valence-corrected chi connectivity index (χ1v) is 9.16. The van der Waals surface area contributed by atoms with Gasteiger partial charge < -0.3 is 14.6 Å². The lowest BCUT2D eigenvalue weighted by atomic mass is 9.99. The molecule has 2 aliphatic rings. The fourth-order valence-corrected chi connectivity index (χ4v) is 4.17. The molecule has 0 radical (unpaired) electrons. The third-order valence-electron chi connectivity index (χ3n) is 4.60. The topological polar surface area (TPSA) is 119 Å². The fourth-order valence-electron chi connectivity index (χ4n) is 3.12. The van der Waals surface area contributed by atoms with Crippen molar-refractivity contribution in [3.8, 4) is 0 Å². The Bertz CT molecular complexity index is 860. The van der Waals surface area contributed by atoms with Gasteiger partial charge in [0.2, 0.25) is 5.91 Å². The minimum atomic E-state index is -0.698. The quantitative estimate of drug-likeness (QED) is 0.646. The average Bonchev–Trinajstić information content (AvgIpc) is 3.19. The number of anilines is 1. The van der Waals surface area contributed by atoms with Crippen molar-refractivity contribution in [3.63, 3.8) is 0 Å². The zero-order chi connectivity index (χ0) is 18.3. The monoisotopic (exact) mass is 376 g/mol. The summed E-state index contributed by atoms with van der Waals surface area (Å²) in [4.78, 5) is 41.6. The Hall–Kier alpha value is -2.75. The Kier molecular flexibility index (Phi) is 4.19. The van der Waals surface area contributed by atoms with Gasteiger partial charge in [0.25, 0.3) is 5.91 Å². The molecule has 136 valence electrons. The molecule has 0 spiro atoms. The number of hydrogen-bond acceptors (Lipinski definition) is 7. The van der Waals surface area contributed by atoms with Crippen molar-refractivity contribution < 1.29 is 18.9 Å². The molecule has 0 atom stereocenters. The summed E-state index contributed by atoms with van der Waals surface area (Å²) in [5, 5.41) is 14.1. The molecule has 4 rings (SSSR count). The Balaban J connectivity index is 1.32. The maximum Gasteiger partial charge on any atom is 0.433 e. The first-order chi connectivity index (χ1) is 12.5. The van der Waals surface area contributed by atoms with Crippen molar-refractivity contribution in [3.05, 3.63) is 38.6 Å². The van der Waals surface area contributed by atoms with Crippen LogP contribution in [-0.4, -0.2) is 39.7 Å². The highest BCUT2D eigenvalue weighted by atomic mass is 32.1. The number of likely N-dealkylation sites (tertiary alicyclic amines) is 1. The SMILES string of the molecule is O=C(Nc1nc2c(s1)CCCC2)C1CN(C(=O)c2ccc([N+](=O)[O-])o2)C1. The van der Waals surface area contributed by atoms with Gasteiger partial charge in [-0.1, -0.05) is 0 Å². The third kappa shape index (κ3) is 3.07. The largest absolute Gasteiger partial charge is 0.433 e. The Morgan fingerprint density at radius 3 is 2.77 bits per heavy atom. The summed E-state index contributed by atoms with van der Waals surface area (Å²) in [6.07, 6.45) is 4.27. The van der Waals surface area contributed by atoms with E-state index in [0.717, 1.165) is 37.4 Å². The maximum atomic E-state index is 12.3. The summed E-state index contributed by atoms with van der Waals surface area (Å²) >= 11 is 1.52. The van der Waals surface area contributed by atoms with Gasteiger partial charge in [0, 0.05) is 18.0 Å². The van der Waals surface area contributed by atoms with E-state index < -0.39 is 16.7 Å². The van der Waals surface area contributed by atoms with Crippen molar-refractivity contribution in [2.75, 3.05) is 18.4 Å². The Labute approximate surface area is 152 Å². The number of aryl methyl sites for hydroxylation is 2. The summed E-state index contributed by atoms with van der Waals surface area (Å²) in [5.74, 6) is -1.50. The second kappa shape index (κ2) is 6.52. The number of hydrogen-bond donors (Lipinski definition) is 1. The highest BCUT2D eigenvalue weighted by Gasteiger charge is 2.38. The van der Waals surface area contributed by atoms with Crippen molar-refractivity contribution in [1.82, 2.24) is 9.88 Å². The molecule has 2 aromatic heterocycles. The number of rotatable bonds is 4. The number of amides is 2. The van der Waals surface area contributed by atoms with Crippen LogP contribution in [0.15, 0.2) is 16.5 Å². The molecule has 1 aliphatic heterocycles. The van der Waals surface area contributed by atoms with Gasteiger partial charge in [0.1, 0.15) is 4.92 Å². The number of nitro groups is 1. The normalized spacial score (nSPS) is 16.7. The minimum absolute atomic E-state index is 0.0943. The van der Waals surface area contributed by atoms with E-state index in [1.165, 1.54) is 27.2 Å². The van der Waals surface area contributed by atoms with Crippen molar-refractivity contribution >= 4 is 34.2 Å². The van der Waals surface area contributed by atoms with Gasteiger partial charge >= 0.3 is 5.88 Å². The van der Waals surface area contributed by atoms with Crippen LogP contribution in [0.5, 0.6) is 0 Å². The molecule has 9 nitrogen and oxygen atoms in total. The maximum absolute atomic E-state index is 12.3. The van der Waals surface area contributed by atoms with E-state index in [2.05, 4.69) is 10.3 Å². The molecule has 0 unspecified atom stereocenters. The van der Waals surface area contributed by atoms with Crippen LogP contribution in [0.2, 0.25) is 0 Å². The molecule has 0 bridgehead atoms. The van der Waals surface area contributed by atoms with Crippen LogP contribution in [-0.2, 0) is 17.6 Å². The van der Waals surface area contributed by atoms with Gasteiger partial charge in [0.05, 0.1) is 17.7 Å². The van der Waals surface area contributed by atoms with Crippen LogP contribution in [0.3, 0.4) is 0 Å². The molecule has 1 fully saturated rings. The van der Waals surface area contributed by atoms with E-state index in [4.69, 9.17) is 4.42 Å². The van der Waals surface area contributed by atoms with E-state index in [9.17, 15) is 19.7 Å². The molecule has 3 heterocycles. The summed E-state index contributed by atoms with van der Waals surface area (Å²) < 4.78 is 4.90. The zero-order valence-electron chi connectivity index (χ0n) is 13.8. The van der Waals surface area contributed by atoms with Gasteiger partial charge in [-0.3, -0.25) is 19.7 Å². The standard InChI is InChI=1S/C16H16N4O5S/c21-14(18-16-17-10-3-1-2-4-12(10)26-16)9-7-19(8-9)15(22)11-5-6-13(25-11)20(23)24/h5-6,9H,1-4,7-8H2,(H,17,18,21). The summed E-state index contributed by atoms with van der Waals surface area (Å²) in [7, 11) is 0. The number of aromatic nitrogens is 1. The molecular weight excluding hydrogens is 360 g/mol. The van der Waals surface area contributed by atoms with E-state index in [0.29, 0.717) is 5.13 Å². The molecule has 2 amide bonds. The predicted molar refractivity (Wildman–Crippen MR) is 92.1 cm³/mol. The number of carbonyl (C=O) groups is 2. The fraction of sp³-hybridized carbons (Fsp3) is 0.438. The van der Waals surface area contributed by atoms with E-state index in [-0.39, 0.29) is 30.7 Å². The second-order valence-corrected chi connectivity index (χ2v) is 7.47. The summed E-state index contributed by atoms with van der Waals surface area (Å²) in [6, 6.07) is 2.41. The molecule has 1 saturated heterocycles. The van der Waals surface area contributed by atoms with Crippen LogP contribution >= 0.6 is 11.3 Å². The molecule has 26 heavy (non-hydrogen) atoms. The second-order valence-electron chi connectivity index (χ2n) is 6.39. The Morgan fingerprint density at radius 1 is 1.31 bits per heavy atom. The van der Waals surface area contributed by atoms with Gasteiger partial charge in [0.15, 0.2) is 10.9 Å². The molecular formula is C16H16N4O5S. The van der Waals surface area contributed by atoms with Crippen LogP contribution < -0.4 is 5.32 Å². The van der Waals surface area contributed by atoms with E-state index in [1.54, 1.807) is 0 Å². The first-order valence-electron chi connectivity index (χ1n) is 8.34. The van der Waals surface area contributed by atoms with Gasteiger partial charge in [-0.05, 0) is 31.7 Å². The highest BCUT2D eigenvalue weighted by Crippen LogP contribution is 2.30. The zero-order valence-corrected chi connectivity index (χ0v) is 14.6. The highest BCUT2D eigenvalue weighted by molar-refractivity contribution is 7.15. The third-order valence-corrected chi connectivity index (χ3v) is 5.67. The lowest BCUT2D eigenvalue weighted by molar-refractivity contribution is -0.402. The minimum Gasteiger partial charge on any atom is -0.395 e. The van der Waals surface area contributed by atoms with E-state index in [1.807, 2.05) is 0 Å². The molecule has 2 aromatic rings. The average molecular weight is 376 g/mol. The molecule has 0 saturated carbocycles. The first kappa shape index (κ1) is 16.7. The number of thiazole rings is 1. The summed E-state index contributed by atoms with van der Waals surface area (Å²) in [6.45, 7) is 0.508. The van der Waals surface area contributed by atoms with E-state index >= 15 is 0 Å². The molecule has 0 aromatic carbocycles. The van der Waals surface area contributed by atoms with Gasteiger partial charge in [-0.2, -0.15) is 0 Å². The molecule has 10 heteroatoms. The van der Waals surface area contributed by atoms with Gasteiger partial charge in [-0.25, -0.2) is 4.98 Å².